The first-order chi connectivity index (χ1) is 12.4. The highest BCUT2D eigenvalue weighted by Gasteiger charge is 2.34. The minimum absolute atomic E-state index is 0.00102. The zero-order valence-electron chi connectivity index (χ0n) is 13.8. The monoisotopic (exact) mass is 391 g/mol. The van der Waals surface area contributed by atoms with Crippen molar-refractivity contribution in [1.82, 2.24) is 9.29 Å². The summed E-state index contributed by atoms with van der Waals surface area (Å²) in [5.74, 6) is -0.866. The third-order valence-electron chi connectivity index (χ3n) is 3.58. The van der Waals surface area contributed by atoms with E-state index < -0.39 is 13.0 Å². The largest absolute Gasteiger partial charge is 0.562 e. The van der Waals surface area contributed by atoms with Crippen molar-refractivity contribution < 1.29 is 24.4 Å². The molecule has 1 aromatic heterocycles. The Kier molecular flexibility index (Phi) is 5.21. The van der Waals surface area contributed by atoms with Crippen LogP contribution in [-0.2, 0) is 14.2 Å². The Morgan fingerprint density at radius 3 is 2.88 bits per heavy atom. The number of rotatable bonds is 5. The zero-order chi connectivity index (χ0) is 18.8. The number of carbonyl (C=O) groups excluding carboxylic acids is 2. The van der Waals surface area contributed by atoms with Gasteiger partial charge in [-0.2, -0.15) is 0 Å². The molecule has 11 heteroatoms. The number of thiazole rings is 1. The van der Waals surface area contributed by atoms with Crippen LogP contribution in [0.1, 0.15) is 10.4 Å². The van der Waals surface area contributed by atoms with Crippen molar-refractivity contribution in [1.29, 1.82) is 0 Å². The van der Waals surface area contributed by atoms with Gasteiger partial charge in [-0.25, -0.2) is 4.98 Å². The van der Waals surface area contributed by atoms with Gasteiger partial charge in [0, 0.05) is 34.0 Å². The minimum Gasteiger partial charge on any atom is -0.508 e. The maximum Gasteiger partial charge on any atom is 0.562 e. The summed E-state index contributed by atoms with van der Waals surface area (Å²) >= 11 is 2.51. The van der Waals surface area contributed by atoms with Gasteiger partial charge in [0.1, 0.15) is 0 Å². The highest BCUT2D eigenvalue weighted by molar-refractivity contribution is 7.97. The van der Waals surface area contributed by atoms with Crippen LogP contribution in [0.25, 0.3) is 5.76 Å². The molecule has 0 unspecified atom stereocenters. The number of aliphatic hydroxyl groups is 1. The van der Waals surface area contributed by atoms with Crippen LogP contribution in [0.15, 0.2) is 35.0 Å². The molecule has 0 saturated heterocycles. The van der Waals surface area contributed by atoms with Crippen LogP contribution in [0.5, 0.6) is 0 Å². The van der Waals surface area contributed by atoms with E-state index in [0.717, 1.165) is 4.88 Å². The number of amides is 1. The molecule has 2 aromatic rings. The molecule has 134 valence electrons. The molecular weight excluding hydrogens is 377 g/mol. The molecule has 2 heterocycles. The molecule has 3 N–H and O–H groups in total. The summed E-state index contributed by atoms with van der Waals surface area (Å²) < 4.78 is 6.09. The van der Waals surface area contributed by atoms with Gasteiger partial charge in [0.05, 0.1) is 0 Å². The summed E-state index contributed by atoms with van der Waals surface area (Å²) in [6.45, 7) is 1.98. The van der Waals surface area contributed by atoms with E-state index in [-0.39, 0.29) is 29.0 Å². The van der Waals surface area contributed by atoms with E-state index >= 15 is 0 Å². The van der Waals surface area contributed by atoms with Gasteiger partial charge in [0.15, 0.2) is 16.6 Å². The number of likely N-dealkylation sites (N-methyl/N-ethyl adjacent to an activating group) is 1. The molecule has 8 nitrogen and oxygen atoms in total. The molecule has 0 radical (unpaired) electrons. The lowest BCUT2D eigenvalue weighted by atomic mass is 9.75. The molecule has 0 bridgehead atoms. The lowest BCUT2D eigenvalue weighted by molar-refractivity contribution is -0.121. The fourth-order valence-electron chi connectivity index (χ4n) is 2.49. The number of nitrogens with zero attached hydrogens (tertiary/aromatic N) is 2. The SMILES string of the molecule is Cc1cnc(NC(=O)C2=C(O)c3c(cccc3B(O)OC=O)SN2C)s1. The molecule has 0 aliphatic carbocycles. The Labute approximate surface area is 157 Å². The van der Waals surface area contributed by atoms with Gasteiger partial charge in [-0.1, -0.05) is 12.1 Å². The first kappa shape index (κ1) is 18.3. The molecule has 3 rings (SSSR count). The van der Waals surface area contributed by atoms with Gasteiger partial charge >= 0.3 is 7.12 Å². The lowest BCUT2D eigenvalue weighted by Gasteiger charge is -2.28. The van der Waals surface area contributed by atoms with Gasteiger partial charge in [-0.3, -0.25) is 14.9 Å². The topological polar surface area (TPSA) is 112 Å². The number of aliphatic hydroxyl groups excluding tert-OH is 1. The number of hydrogen-bond donors (Lipinski definition) is 3. The number of carbonyl (C=O) groups is 2. The number of aromatic nitrogens is 1. The second-order valence-corrected chi connectivity index (χ2v) is 7.73. The first-order valence-corrected chi connectivity index (χ1v) is 9.00. The van der Waals surface area contributed by atoms with E-state index in [4.69, 9.17) is 0 Å². The molecule has 0 spiro atoms. The maximum atomic E-state index is 12.6. The second-order valence-electron chi connectivity index (χ2n) is 5.32. The van der Waals surface area contributed by atoms with Crippen LogP contribution in [0.4, 0.5) is 5.13 Å². The van der Waals surface area contributed by atoms with E-state index in [0.29, 0.717) is 10.0 Å². The van der Waals surface area contributed by atoms with Crippen molar-refractivity contribution in [3.05, 3.63) is 40.5 Å². The Morgan fingerprint density at radius 1 is 1.46 bits per heavy atom. The molecule has 1 aromatic carbocycles. The minimum atomic E-state index is -1.56. The predicted molar refractivity (Wildman–Crippen MR) is 99.8 cm³/mol. The summed E-state index contributed by atoms with van der Waals surface area (Å²) in [6, 6.07) is 4.89. The molecule has 1 aliphatic heterocycles. The van der Waals surface area contributed by atoms with E-state index in [1.54, 1.807) is 25.4 Å². The molecule has 1 aliphatic rings. The van der Waals surface area contributed by atoms with Gasteiger partial charge in [-0.05, 0) is 24.9 Å². The number of anilines is 1. The summed E-state index contributed by atoms with van der Waals surface area (Å²) in [5.41, 5.74) is 0.426. The van der Waals surface area contributed by atoms with E-state index in [1.807, 2.05) is 6.92 Å². The van der Waals surface area contributed by atoms with Crippen molar-refractivity contribution in [2.45, 2.75) is 11.8 Å². The number of fused-ring (bicyclic) bond motifs is 1. The highest BCUT2D eigenvalue weighted by Crippen LogP contribution is 2.38. The molecule has 0 saturated carbocycles. The molecule has 26 heavy (non-hydrogen) atoms. The first-order valence-electron chi connectivity index (χ1n) is 7.41. The number of nitrogens with one attached hydrogen (secondary N) is 1. The maximum absolute atomic E-state index is 12.6. The third kappa shape index (κ3) is 3.41. The quantitative estimate of drug-likeness (QED) is 0.395. The van der Waals surface area contributed by atoms with Gasteiger partial charge < -0.3 is 19.1 Å². The van der Waals surface area contributed by atoms with Crippen molar-refractivity contribution in [2.75, 3.05) is 12.4 Å². The fourth-order valence-corrected chi connectivity index (χ4v) is 4.15. The van der Waals surface area contributed by atoms with Crippen LogP contribution in [-0.4, -0.2) is 46.0 Å². The summed E-state index contributed by atoms with van der Waals surface area (Å²) in [4.78, 5) is 28.8. The number of aryl methyl sites for hydroxylation is 1. The fraction of sp³-hybridized carbons (Fsp3) is 0.133. The summed E-state index contributed by atoms with van der Waals surface area (Å²) in [7, 11) is 0.0798. The molecule has 1 amide bonds. The third-order valence-corrected chi connectivity index (χ3v) is 5.40. The Balaban J connectivity index is 2.02. The molecule has 0 fully saturated rings. The van der Waals surface area contributed by atoms with Crippen LogP contribution >= 0.6 is 23.3 Å². The van der Waals surface area contributed by atoms with Crippen molar-refractivity contribution in [2.24, 2.45) is 0 Å². The van der Waals surface area contributed by atoms with Crippen molar-refractivity contribution in [3.63, 3.8) is 0 Å². The van der Waals surface area contributed by atoms with Crippen LogP contribution in [0.3, 0.4) is 0 Å². The highest BCUT2D eigenvalue weighted by atomic mass is 32.2. The van der Waals surface area contributed by atoms with Crippen LogP contribution < -0.4 is 10.8 Å². The lowest BCUT2D eigenvalue weighted by Crippen LogP contribution is -2.38. The standard InChI is InChI=1S/C15H14BN3O5S2/c1-8-6-17-15(25-8)18-14(22)12-13(21)11-9(16(23)24-7-20)4-3-5-10(11)26-19(12)2/h3-7,21,23H,1-2H3,(H,17,18,22). The van der Waals surface area contributed by atoms with Crippen molar-refractivity contribution >= 4 is 59.1 Å². The number of benzene rings is 1. The summed E-state index contributed by atoms with van der Waals surface area (Å²) in [6.07, 6.45) is 1.63. The van der Waals surface area contributed by atoms with E-state index in [9.17, 15) is 19.7 Å². The normalized spacial score (nSPS) is 13.3. The Morgan fingerprint density at radius 2 is 2.23 bits per heavy atom. The zero-order valence-corrected chi connectivity index (χ0v) is 15.4. The molecular formula is C15H14BN3O5S2. The van der Waals surface area contributed by atoms with Gasteiger partial charge in [-0.15, -0.1) is 11.3 Å². The van der Waals surface area contributed by atoms with Gasteiger partial charge in [0.25, 0.3) is 12.4 Å². The van der Waals surface area contributed by atoms with E-state index in [2.05, 4.69) is 15.0 Å². The Bertz CT molecular complexity index is 901. The smallest absolute Gasteiger partial charge is 0.508 e. The molecule has 0 atom stereocenters. The van der Waals surface area contributed by atoms with Crippen LogP contribution in [0.2, 0.25) is 0 Å². The van der Waals surface area contributed by atoms with E-state index in [1.165, 1.54) is 33.7 Å². The predicted octanol–water partition coefficient (Wildman–Crippen LogP) is 1.13. The summed E-state index contributed by atoms with van der Waals surface area (Å²) in [5, 5.41) is 23.8. The van der Waals surface area contributed by atoms with Gasteiger partial charge in [0.2, 0.25) is 0 Å². The second kappa shape index (κ2) is 7.40. The number of hydrogen-bond acceptors (Lipinski definition) is 9. The average Bonchev–Trinajstić information content (AvgIpc) is 2.99. The Hall–Kier alpha value is -2.50. The average molecular weight is 391 g/mol. The van der Waals surface area contributed by atoms with Crippen LogP contribution in [0, 0.1) is 6.92 Å². The van der Waals surface area contributed by atoms with Crippen molar-refractivity contribution in [3.8, 4) is 0 Å².